The zero-order valence-corrected chi connectivity index (χ0v) is 11.7. The second-order valence-electron chi connectivity index (χ2n) is 5.72. The molecule has 0 saturated heterocycles. The fourth-order valence-electron chi connectivity index (χ4n) is 2.55. The normalized spacial score (nSPS) is 22.1. The molecule has 1 aliphatic carbocycles. The second-order valence-corrected chi connectivity index (χ2v) is 5.72. The van der Waals surface area contributed by atoms with Crippen molar-refractivity contribution < 1.29 is 14.7 Å². The van der Waals surface area contributed by atoms with Gasteiger partial charge in [0.1, 0.15) is 0 Å². The number of nitrogens with one attached hydrogen (secondary N) is 1. The van der Waals surface area contributed by atoms with E-state index in [1.54, 1.807) is 0 Å². The van der Waals surface area contributed by atoms with Crippen molar-refractivity contribution >= 4 is 11.9 Å². The number of aliphatic carboxylic acids is 1. The van der Waals surface area contributed by atoms with Gasteiger partial charge in [0.25, 0.3) is 0 Å². The van der Waals surface area contributed by atoms with Gasteiger partial charge in [-0.25, -0.2) is 0 Å². The first kappa shape index (κ1) is 14.6. The molecule has 20 heavy (non-hydrogen) atoms. The summed E-state index contributed by atoms with van der Waals surface area (Å²) in [6.45, 7) is 2.27. The molecule has 1 fully saturated rings. The summed E-state index contributed by atoms with van der Waals surface area (Å²) in [6, 6.07) is 10.3. The molecule has 1 aromatic carbocycles. The SMILES string of the molecule is CC(CNC(=O)C[C@@H]1C[C@H]1c1ccccc1)CC(=O)O. The van der Waals surface area contributed by atoms with Crippen LogP contribution in [0.3, 0.4) is 0 Å². The second kappa shape index (κ2) is 6.55. The van der Waals surface area contributed by atoms with E-state index in [1.165, 1.54) is 5.56 Å². The number of carboxylic acid groups (broad SMARTS) is 1. The number of amides is 1. The molecule has 1 aliphatic rings. The van der Waals surface area contributed by atoms with Crippen LogP contribution in [0.4, 0.5) is 0 Å². The lowest BCUT2D eigenvalue weighted by Crippen LogP contribution is -2.29. The molecule has 0 aromatic heterocycles. The van der Waals surface area contributed by atoms with E-state index in [0.29, 0.717) is 24.8 Å². The minimum Gasteiger partial charge on any atom is -0.481 e. The van der Waals surface area contributed by atoms with Gasteiger partial charge in [0.2, 0.25) is 5.91 Å². The lowest BCUT2D eigenvalue weighted by molar-refractivity contribution is -0.138. The minimum atomic E-state index is -0.821. The predicted molar refractivity (Wildman–Crippen MR) is 76.3 cm³/mol. The maximum atomic E-state index is 11.8. The molecule has 0 heterocycles. The summed E-state index contributed by atoms with van der Waals surface area (Å²) in [6.07, 6.45) is 1.71. The number of carbonyl (C=O) groups excluding carboxylic acids is 1. The van der Waals surface area contributed by atoms with Crippen molar-refractivity contribution in [2.75, 3.05) is 6.54 Å². The molecule has 1 saturated carbocycles. The smallest absolute Gasteiger partial charge is 0.303 e. The van der Waals surface area contributed by atoms with Crippen LogP contribution in [-0.2, 0) is 9.59 Å². The van der Waals surface area contributed by atoms with Crippen LogP contribution in [0.5, 0.6) is 0 Å². The Morgan fingerprint density at radius 3 is 2.70 bits per heavy atom. The molecule has 2 N–H and O–H groups in total. The van der Waals surface area contributed by atoms with Gasteiger partial charge in [0.15, 0.2) is 0 Å². The van der Waals surface area contributed by atoms with Gasteiger partial charge in [0.05, 0.1) is 0 Å². The van der Waals surface area contributed by atoms with Crippen molar-refractivity contribution in [3.63, 3.8) is 0 Å². The monoisotopic (exact) mass is 275 g/mol. The summed E-state index contributed by atoms with van der Waals surface area (Å²) in [5, 5.41) is 11.5. The Bertz CT molecular complexity index is 472. The van der Waals surface area contributed by atoms with E-state index in [1.807, 2.05) is 25.1 Å². The number of carboxylic acids is 1. The quantitative estimate of drug-likeness (QED) is 0.803. The number of benzene rings is 1. The Hall–Kier alpha value is -1.84. The molecule has 4 nitrogen and oxygen atoms in total. The van der Waals surface area contributed by atoms with Gasteiger partial charge in [-0.2, -0.15) is 0 Å². The highest BCUT2D eigenvalue weighted by Gasteiger charge is 2.39. The van der Waals surface area contributed by atoms with Crippen LogP contribution >= 0.6 is 0 Å². The van der Waals surface area contributed by atoms with Crippen molar-refractivity contribution in [2.45, 2.75) is 32.1 Å². The van der Waals surface area contributed by atoms with Gasteiger partial charge in [-0.1, -0.05) is 37.3 Å². The fraction of sp³-hybridized carbons (Fsp3) is 0.500. The maximum Gasteiger partial charge on any atom is 0.303 e. The Morgan fingerprint density at radius 2 is 2.05 bits per heavy atom. The minimum absolute atomic E-state index is 0.0272. The van der Waals surface area contributed by atoms with Gasteiger partial charge in [-0.3, -0.25) is 9.59 Å². The van der Waals surface area contributed by atoms with Crippen molar-refractivity contribution in [3.8, 4) is 0 Å². The van der Waals surface area contributed by atoms with E-state index >= 15 is 0 Å². The highest BCUT2D eigenvalue weighted by molar-refractivity contribution is 5.76. The van der Waals surface area contributed by atoms with E-state index in [0.717, 1.165) is 6.42 Å². The summed E-state index contributed by atoms with van der Waals surface area (Å²) >= 11 is 0. The Balaban J connectivity index is 1.68. The number of hydrogen-bond acceptors (Lipinski definition) is 2. The summed E-state index contributed by atoms with van der Waals surface area (Å²) in [4.78, 5) is 22.3. The number of rotatable bonds is 7. The summed E-state index contributed by atoms with van der Waals surface area (Å²) in [5.74, 6) is 0.134. The van der Waals surface area contributed by atoms with E-state index in [2.05, 4.69) is 17.4 Å². The van der Waals surface area contributed by atoms with Crippen LogP contribution in [0.2, 0.25) is 0 Å². The third kappa shape index (κ3) is 4.37. The van der Waals surface area contributed by atoms with Gasteiger partial charge in [-0.15, -0.1) is 0 Å². The molecule has 1 aromatic rings. The predicted octanol–water partition coefficient (Wildman–Crippen LogP) is 2.41. The van der Waals surface area contributed by atoms with Crippen LogP contribution in [0.15, 0.2) is 30.3 Å². The molecule has 0 radical (unpaired) electrons. The molecule has 1 unspecified atom stereocenters. The highest BCUT2D eigenvalue weighted by atomic mass is 16.4. The van der Waals surface area contributed by atoms with Crippen LogP contribution in [0.25, 0.3) is 0 Å². The van der Waals surface area contributed by atoms with E-state index < -0.39 is 5.97 Å². The van der Waals surface area contributed by atoms with Gasteiger partial charge in [-0.05, 0) is 29.7 Å². The Kier molecular flexibility index (Phi) is 4.77. The summed E-state index contributed by atoms with van der Waals surface area (Å²) in [7, 11) is 0. The van der Waals surface area contributed by atoms with E-state index in [-0.39, 0.29) is 18.2 Å². The number of carbonyl (C=O) groups is 2. The largest absolute Gasteiger partial charge is 0.481 e. The maximum absolute atomic E-state index is 11.8. The Morgan fingerprint density at radius 1 is 1.35 bits per heavy atom. The third-order valence-corrected chi connectivity index (χ3v) is 3.77. The molecule has 1 amide bonds. The molecule has 3 atom stereocenters. The first-order chi connectivity index (χ1) is 9.56. The van der Waals surface area contributed by atoms with Gasteiger partial charge in [0, 0.05) is 19.4 Å². The lowest BCUT2D eigenvalue weighted by atomic mass is 10.1. The standard InChI is InChI=1S/C16H21NO3/c1-11(7-16(19)20)10-17-15(18)9-13-8-14(13)12-5-3-2-4-6-12/h2-6,11,13-14H,7-10H2,1H3,(H,17,18)(H,19,20)/t11?,13-,14-/m0/s1. The zero-order chi connectivity index (χ0) is 14.5. The van der Waals surface area contributed by atoms with Crippen molar-refractivity contribution in [3.05, 3.63) is 35.9 Å². The topological polar surface area (TPSA) is 66.4 Å². The average molecular weight is 275 g/mol. The lowest BCUT2D eigenvalue weighted by Gasteiger charge is -2.10. The van der Waals surface area contributed by atoms with Gasteiger partial charge >= 0.3 is 5.97 Å². The van der Waals surface area contributed by atoms with Crippen LogP contribution in [-0.4, -0.2) is 23.5 Å². The third-order valence-electron chi connectivity index (χ3n) is 3.77. The molecule has 0 bridgehead atoms. The van der Waals surface area contributed by atoms with Gasteiger partial charge < -0.3 is 10.4 Å². The molecule has 0 aliphatic heterocycles. The highest BCUT2D eigenvalue weighted by Crippen LogP contribution is 2.49. The number of hydrogen-bond donors (Lipinski definition) is 2. The molecule has 4 heteroatoms. The zero-order valence-electron chi connectivity index (χ0n) is 11.7. The molecular formula is C16H21NO3. The molecule has 2 rings (SSSR count). The van der Waals surface area contributed by atoms with Crippen molar-refractivity contribution in [2.24, 2.45) is 11.8 Å². The molecular weight excluding hydrogens is 254 g/mol. The van der Waals surface area contributed by atoms with E-state index in [4.69, 9.17) is 5.11 Å². The van der Waals surface area contributed by atoms with Crippen molar-refractivity contribution in [1.29, 1.82) is 0 Å². The van der Waals surface area contributed by atoms with Crippen LogP contribution < -0.4 is 5.32 Å². The van der Waals surface area contributed by atoms with Crippen molar-refractivity contribution in [1.82, 2.24) is 5.32 Å². The first-order valence-electron chi connectivity index (χ1n) is 7.09. The molecule has 108 valence electrons. The van der Waals surface area contributed by atoms with Crippen LogP contribution in [0.1, 0.15) is 37.7 Å². The van der Waals surface area contributed by atoms with E-state index in [9.17, 15) is 9.59 Å². The average Bonchev–Trinajstić information content (AvgIpc) is 3.16. The summed E-state index contributed by atoms with van der Waals surface area (Å²) in [5.41, 5.74) is 1.31. The first-order valence-corrected chi connectivity index (χ1v) is 7.09. The Labute approximate surface area is 119 Å². The summed E-state index contributed by atoms with van der Waals surface area (Å²) < 4.78 is 0. The van der Waals surface area contributed by atoms with Crippen LogP contribution in [0, 0.1) is 11.8 Å². The molecule has 0 spiro atoms. The fourth-order valence-corrected chi connectivity index (χ4v) is 2.55.